The summed E-state index contributed by atoms with van der Waals surface area (Å²) in [4.78, 5) is 6.29. The van der Waals surface area contributed by atoms with E-state index in [9.17, 15) is 5.26 Å². The molecular weight excluding hydrogens is 268 g/mol. The number of aromatic nitrogens is 1. The molecular formula is C15H12N4S. The number of nitrogen functional groups attached to an aromatic ring is 1. The maximum absolute atomic E-state index is 9.41. The van der Waals surface area contributed by atoms with Crippen LogP contribution in [-0.4, -0.2) is 12.0 Å². The quantitative estimate of drug-likeness (QED) is 0.780. The Labute approximate surface area is 120 Å². The predicted octanol–water partition coefficient (Wildman–Crippen LogP) is 3.52. The second-order valence-corrected chi connectivity index (χ2v) is 5.29. The fourth-order valence-corrected chi connectivity index (χ4v) is 2.95. The second-order valence-electron chi connectivity index (χ2n) is 4.36. The predicted molar refractivity (Wildman–Crippen MR) is 83.3 cm³/mol. The van der Waals surface area contributed by atoms with Crippen LogP contribution in [-0.2, 0) is 0 Å². The van der Waals surface area contributed by atoms with Crippen LogP contribution in [0.5, 0.6) is 0 Å². The molecule has 3 rings (SSSR count). The number of hydrogen-bond donors (Lipinski definition) is 1. The first-order valence-electron chi connectivity index (χ1n) is 6.08. The number of hydrogen-bond acceptors (Lipinski definition) is 5. The van der Waals surface area contributed by atoms with Crippen molar-refractivity contribution in [1.29, 1.82) is 5.26 Å². The third-order valence-electron chi connectivity index (χ3n) is 3.18. The van der Waals surface area contributed by atoms with Gasteiger partial charge in [0.2, 0.25) is 0 Å². The highest BCUT2D eigenvalue weighted by molar-refractivity contribution is 7.14. The lowest BCUT2D eigenvalue weighted by atomic mass is 10.1. The van der Waals surface area contributed by atoms with Crippen LogP contribution in [0.4, 0.5) is 16.5 Å². The van der Waals surface area contributed by atoms with E-state index in [1.165, 1.54) is 0 Å². The highest BCUT2D eigenvalue weighted by Gasteiger charge is 2.17. The van der Waals surface area contributed by atoms with Crippen molar-refractivity contribution in [3.63, 3.8) is 0 Å². The molecule has 4 nitrogen and oxygen atoms in total. The van der Waals surface area contributed by atoms with E-state index in [1.54, 1.807) is 11.3 Å². The number of nitrogens with two attached hydrogens (primary N) is 1. The zero-order chi connectivity index (χ0) is 14.1. The average Bonchev–Trinajstić information content (AvgIpc) is 2.99. The normalized spacial score (nSPS) is 10.4. The molecule has 0 fully saturated rings. The van der Waals surface area contributed by atoms with Crippen molar-refractivity contribution in [2.24, 2.45) is 0 Å². The lowest BCUT2D eigenvalue weighted by Crippen LogP contribution is -2.12. The van der Waals surface area contributed by atoms with E-state index in [0.717, 1.165) is 21.6 Å². The van der Waals surface area contributed by atoms with Gasteiger partial charge in [-0.2, -0.15) is 5.26 Å². The van der Waals surface area contributed by atoms with Gasteiger partial charge in [0.1, 0.15) is 17.5 Å². The molecule has 3 aromatic rings. The van der Waals surface area contributed by atoms with Crippen LogP contribution in [0, 0.1) is 11.3 Å². The molecule has 0 saturated carbocycles. The molecule has 0 atom stereocenters. The van der Waals surface area contributed by atoms with Crippen molar-refractivity contribution >= 4 is 38.7 Å². The Hall–Kier alpha value is -2.58. The van der Waals surface area contributed by atoms with Gasteiger partial charge in [-0.3, -0.25) is 0 Å². The van der Waals surface area contributed by atoms with E-state index < -0.39 is 0 Å². The number of rotatable bonds is 2. The smallest absolute Gasteiger partial charge is 0.144 e. The van der Waals surface area contributed by atoms with Crippen LogP contribution in [0.15, 0.2) is 41.8 Å². The lowest BCUT2D eigenvalue weighted by molar-refractivity contribution is 1.23. The van der Waals surface area contributed by atoms with E-state index in [1.807, 2.05) is 53.7 Å². The first-order valence-corrected chi connectivity index (χ1v) is 6.96. The summed E-state index contributed by atoms with van der Waals surface area (Å²) >= 11 is 1.61. The number of nitriles is 1. The van der Waals surface area contributed by atoms with Crippen LogP contribution in [0.2, 0.25) is 0 Å². The summed E-state index contributed by atoms with van der Waals surface area (Å²) in [5.41, 5.74) is 7.95. The molecule has 2 heterocycles. The number of thiophene rings is 1. The summed E-state index contributed by atoms with van der Waals surface area (Å²) in [6.45, 7) is 0. The van der Waals surface area contributed by atoms with Gasteiger partial charge in [-0.25, -0.2) is 4.98 Å². The number of benzene rings is 1. The molecule has 2 aromatic heterocycles. The molecule has 0 radical (unpaired) electrons. The molecule has 0 aliphatic heterocycles. The molecule has 0 aliphatic carbocycles. The minimum atomic E-state index is 0.268. The fourth-order valence-electron chi connectivity index (χ4n) is 2.24. The highest BCUT2D eigenvalue weighted by atomic mass is 32.1. The van der Waals surface area contributed by atoms with Crippen molar-refractivity contribution in [3.05, 3.63) is 47.3 Å². The van der Waals surface area contributed by atoms with Crippen molar-refractivity contribution in [2.75, 3.05) is 17.7 Å². The van der Waals surface area contributed by atoms with Crippen molar-refractivity contribution in [1.82, 2.24) is 4.98 Å². The Morgan fingerprint density at radius 3 is 2.75 bits per heavy atom. The third kappa shape index (κ3) is 1.87. The Kier molecular flexibility index (Phi) is 3.01. The van der Waals surface area contributed by atoms with Gasteiger partial charge in [0.15, 0.2) is 0 Å². The van der Waals surface area contributed by atoms with Gasteiger partial charge in [-0.05, 0) is 23.6 Å². The van der Waals surface area contributed by atoms with Gasteiger partial charge in [0.05, 0.1) is 16.2 Å². The van der Waals surface area contributed by atoms with Gasteiger partial charge < -0.3 is 10.6 Å². The second kappa shape index (κ2) is 4.83. The Morgan fingerprint density at radius 2 is 2.05 bits per heavy atom. The van der Waals surface area contributed by atoms with Crippen LogP contribution >= 0.6 is 11.3 Å². The van der Waals surface area contributed by atoms with Crippen LogP contribution in [0.25, 0.3) is 10.9 Å². The number of fused-ring (bicyclic) bond motifs is 1. The minimum absolute atomic E-state index is 0.268. The van der Waals surface area contributed by atoms with Crippen molar-refractivity contribution in [3.8, 4) is 6.07 Å². The molecule has 2 N–H and O–H groups in total. The number of para-hydroxylation sites is 1. The van der Waals surface area contributed by atoms with Gasteiger partial charge >= 0.3 is 0 Å². The molecule has 5 heteroatoms. The maximum atomic E-state index is 9.41. The van der Waals surface area contributed by atoms with Gasteiger partial charge in [-0.1, -0.05) is 18.2 Å². The van der Waals surface area contributed by atoms with E-state index in [4.69, 9.17) is 5.73 Å². The Balaban J connectivity index is 2.35. The van der Waals surface area contributed by atoms with Gasteiger partial charge in [0.25, 0.3) is 0 Å². The van der Waals surface area contributed by atoms with Crippen LogP contribution in [0.3, 0.4) is 0 Å². The summed E-state index contributed by atoms with van der Waals surface area (Å²) < 4.78 is 0. The van der Waals surface area contributed by atoms with E-state index in [0.29, 0.717) is 5.56 Å². The van der Waals surface area contributed by atoms with E-state index in [-0.39, 0.29) is 5.82 Å². The van der Waals surface area contributed by atoms with Crippen LogP contribution < -0.4 is 10.6 Å². The molecule has 0 saturated heterocycles. The van der Waals surface area contributed by atoms with Gasteiger partial charge in [-0.15, -0.1) is 11.3 Å². The summed E-state index contributed by atoms with van der Waals surface area (Å²) in [6, 6.07) is 13.9. The van der Waals surface area contributed by atoms with Crippen molar-refractivity contribution < 1.29 is 0 Å². The summed E-state index contributed by atoms with van der Waals surface area (Å²) in [6.07, 6.45) is 0. The Bertz CT molecular complexity index is 803. The SMILES string of the molecule is CN(c1cccs1)c1c(C#N)c(N)nc2ccccc12. The average molecular weight is 280 g/mol. The molecule has 0 aliphatic rings. The first kappa shape index (κ1) is 12.5. The molecule has 98 valence electrons. The molecule has 0 bridgehead atoms. The Morgan fingerprint density at radius 1 is 1.25 bits per heavy atom. The fraction of sp³-hybridized carbons (Fsp3) is 0.0667. The maximum Gasteiger partial charge on any atom is 0.144 e. The number of nitrogens with zero attached hydrogens (tertiary/aromatic N) is 3. The molecule has 20 heavy (non-hydrogen) atoms. The highest BCUT2D eigenvalue weighted by Crippen LogP contribution is 2.37. The lowest BCUT2D eigenvalue weighted by Gasteiger charge is -2.21. The summed E-state index contributed by atoms with van der Waals surface area (Å²) in [5.74, 6) is 0.268. The van der Waals surface area contributed by atoms with E-state index in [2.05, 4.69) is 11.1 Å². The summed E-state index contributed by atoms with van der Waals surface area (Å²) in [7, 11) is 1.94. The first-order chi connectivity index (χ1) is 9.72. The topological polar surface area (TPSA) is 65.9 Å². The monoisotopic (exact) mass is 280 g/mol. The standard InChI is InChI=1S/C15H12N4S/c1-19(13-7-4-8-20-13)14-10-5-2-3-6-12(10)18-15(17)11(14)9-16/h2-8H,1H3,(H2,17,18). The summed E-state index contributed by atoms with van der Waals surface area (Å²) in [5, 5.41) is 13.4. The molecule has 0 amide bonds. The molecule has 1 aromatic carbocycles. The van der Waals surface area contributed by atoms with Crippen LogP contribution in [0.1, 0.15) is 5.56 Å². The largest absolute Gasteiger partial charge is 0.383 e. The molecule has 0 unspecified atom stereocenters. The van der Waals surface area contributed by atoms with Crippen molar-refractivity contribution in [2.45, 2.75) is 0 Å². The molecule has 0 spiro atoms. The third-order valence-corrected chi connectivity index (χ3v) is 4.12. The number of anilines is 3. The van der Waals surface area contributed by atoms with E-state index >= 15 is 0 Å². The zero-order valence-corrected chi connectivity index (χ0v) is 11.7. The zero-order valence-electron chi connectivity index (χ0n) is 10.9. The number of pyridine rings is 1. The van der Waals surface area contributed by atoms with Gasteiger partial charge in [0, 0.05) is 12.4 Å². The minimum Gasteiger partial charge on any atom is -0.383 e.